The molecule has 3 rings (SSSR count). The molecule has 4 nitrogen and oxygen atoms in total. The molecule has 0 radical (unpaired) electrons. The van der Waals surface area contributed by atoms with Crippen LogP contribution in [0.1, 0.15) is 25.3 Å². The van der Waals surface area contributed by atoms with Crippen molar-refractivity contribution in [3.8, 4) is 5.69 Å². The average Bonchev–Trinajstić information content (AvgIpc) is 3.11. The second-order valence-corrected chi connectivity index (χ2v) is 9.48. The van der Waals surface area contributed by atoms with Gasteiger partial charge in [-0.3, -0.25) is 4.57 Å². The third-order valence-corrected chi connectivity index (χ3v) is 7.09. The number of aromatic nitrogens is 2. The summed E-state index contributed by atoms with van der Waals surface area (Å²) in [6.07, 6.45) is 3.64. The summed E-state index contributed by atoms with van der Waals surface area (Å²) in [5.74, 6) is 1.03. The first-order valence-electron chi connectivity index (χ1n) is 8.51. The highest BCUT2D eigenvalue weighted by Gasteiger charge is 2.15. The van der Waals surface area contributed by atoms with Crippen LogP contribution < -0.4 is 0 Å². The van der Waals surface area contributed by atoms with Crippen LogP contribution in [0.3, 0.4) is 0 Å². The van der Waals surface area contributed by atoms with E-state index in [0.29, 0.717) is 16.6 Å². The quantitative estimate of drug-likeness (QED) is 0.559. The van der Waals surface area contributed by atoms with Crippen molar-refractivity contribution in [2.75, 3.05) is 11.5 Å². The molecule has 0 aliphatic rings. The molecule has 26 heavy (non-hydrogen) atoms. The van der Waals surface area contributed by atoms with Crippen molar-refractivity contribution in [3.05, 3.63) is 72.6 Å². The van der Waals surface area contributed by atoms with Crippen LogP contribution in [0.4, 0.5) is 0 Å². The van der Waals surface area contributed by atoms with E-state index in [1.165, 1.54) is 17.3 Å². The zero-order valence-electron chi connectivity index (χ0n) is 14.9. The summed E-state index contributed by atoms with van der Waals surface area (Å²) in [4.78, 5) is 4.74. The molecular formula is C20H22N2O2S2. The summed E-state index contributed by atoms with van der Waals surface area (Å²) < 4.78 is 26.7. The molecule has 0 aliphatic carbocycles. The Hall–Kier alpha value is -2.05. The van der Waals surface area contributed by atoms with E-state index in [-0.39, 0.29) is 5.75 Å². The number of thioether (sulfide) groups is 1. The van der Waals surface area contributed by atoms with Crippen LogP contribution in [0.2, 0.25) is 0 Å². The van der Waals surface area contributed by atoms with Crippen LogP contribution in [0.5, 0.6) is 0 Å². The summed E-state index contributed by atoms with van der Waals surface area (Å²) in [6.45, 7) is 4.33. The number of hydrogen-bond donors (Lipinski definition) is 0. The van der Waals surface area contributed by atoms with Gasteiger partial charge in [-0.1, -0.05) is 55.9 Å². The fourth-order valence-corrected chi connectivity index (χ4v) is 5.24. The Morgan fingerprint density at radius 1 is 1.04 bits per heavy atom. The maximum Gasteiger partial charge on any atom is 0.179 e. The number of sulfone groups is 1. The highest BCUT2D eigenvalue weighted by atomic mass is 32.2. The van der Waals surface area contributed by atoms with Crippen molar-refractivity contribution in [2.45, 2.75) is 29.8 Å². The van der Waals surface area contributed by atoms with E-state index in [1.54, 1.807) is 30.5 Å². The molecule has 0 saturated carbocycles. The van der Waals surface area contributed by atoms with Crippen LogP contribution in [-0.4, -0.2) is 29.5 Å². The van der Waals surface area contributed by atoms with Gasteiger partial charge in [-0.25, -0.2) is 13.4 Å². The molecule has 0 fully saturated rings. The van der Waals surface area contributed by atoms with Gasteiger partial charge in [-0.15, -0.1) is 0 Å². The van der Waals surface area contributed by atoms with Gasteiger partial charge in [0, 0.05) is 23.8 Å². The maximum atomic E-state index is 12.4. The second kappa shape index (κ2) is 8.10. The number of benzene rings is 2. The molecule has 0 amide bonds. The van der Waals surface area contributed by atoms with E-state index in [1.807, 2.05) is 16.8 Å². The zero-order valence-corrected chi connectivity index (χ0v) is 16.5. The summed E-state index contributed by atoms with van der Waals surface area (Å²) in [5, 5.41) is 0.797. The molecule has 0 saturated heterocycles. The summed E-state index contributed by atoms with van der Waals surface area (Å²) >= 11 is 1.45. The predicted molar refractivity (Wildman–Crippen MR) is 107 cm³/mol. The van der Waals surface area contributed by atoms with E-state index in [0.717, 1.165) is 10.8 Å². The van der Waals surface area contributed by atoms with Gasteiger partial charge in [0.2, 0.25) is 0 Å². The van der Waals surface area contributed by atoms with Gasteiger partial charge in [0.25, 0.3) is 0 Å². The summed E-state index contributed by atoms with van der Waals surface area (Å²) in [7, 11) is -3.26. The average molecular weight is 387 g/mol. The minimum Gasteiger partial charge on any atom is -0.295 e. The molecule has 0 unspecified atom stereocenters. The fourth-order valence-electron chi connectivity index (χ4n) is 2.60. The minimum atomic E-state index is -3.26. The predicted octanol–water partition coefficient (Wildman–Crippen LogP) is 4.56. The molecule has 0 aliphatic heterocycles. The van der Waals surface area contributed by atoms with Crippen molar-refractivity contribution in [3.63, 3.8) is 0 Å². The summed E-state index contributed by atoms with van der Waals surface area (Å²) in [6, 6.07) is 17.0. The topological polar surface area (TPSA) is 52.0 Å². The van der Waals surface area contributed by atoms with Gasteiger partial charge in [-0.2, -0.15) is 0 Å². The normalized spacial score (nSPS) is 11.8. The van der Waals surface area contributed by atoms with Crippen LogP contribution in [0.15, 0.2) is 77.0 Å². The van der Waals surface area contributed by atoms with Gasteiger partial charge in [0.05, 0.1) is 10.6 Å². The molecule has 2 aromatic carbocycles. The molecule has 0 N–H and O–H groups in total. The highest BCUT2D eigenvalue weighted by molar-refractivity contribution is 8.00. The molecular weight excluding hydrogens is 364 g/mol. The van der Waals surface area contributed by atoms with Gasteiger partial charge in [-0.05, 0) is 35.7 Å². The van der Waals surface area contributed by atoms with Gasteiger partial charge >= 0.3 is 0 Å². The largest absolute Gasteiger partial charge is 0.295 e. The summed E-state index contributed by atoms with van der Waals surface area (Å²) in [5.41, 5.74) is 2.32. The van der Waals surface area contributed by atoms with Crippen LogP contribution >= 0.6 is 11.8 Å². The monoisotopic (exact) mass is 386 g/mol. The SMILES string of the molecule is CC(C)c1ccc(-n2ccnc2SCCS(=O)(=O)c2ccccc2)cc1. The maximum absolute atomic E-state index is 12.4. The lowest BCUT2D eigenvalue weighted by atomic mass is 10.0. The Bertz CT molecular complexity index is 947. The third kappa shape index (κ3) is 4.37. The second-order valence-electron chi connectivity index (χ2n) is 6.31. The lowest BCUT2D eigenvalue weighted by molar-refractivity contribution is 0.597. The van der Waals surface area contributed by atoms with Crippen molar-refractivity contribution < 1.29 is 8.42 Å². The van der Waals surface area contributed by atoms with Gasteiger partial charge in [0.15, 0.2) is 15.0 Å². The van der Waals surface area contributed by atoms with Gasteiger partial charge < -0.3 is 0 Å². The van der Waals surface area contributed by atoms with Crippen molar-refractivity contribution in [1.29, 1.82) is 0 Å². The number of imidazole rings is 1. The Morgan fingerprint density at radius 3 is 2.38 bits per heavy atom. The lowest BCUT2D eigenvalue weighted by Crippen LogP contribution is -2.09. The van der Waals surface area contributed by atoms with E-state index in [4.69, 9.17) is 0 Å². The lowest BCUT2D eigenvalue weighted by Gasteiger charge is -2.10. The van der Waals surface area contributed by atoms with Crippen LogP contribution in [0.25, 0.3) is 5.69 Å². The first-order valence-corrected chi connectivity index (χ1v) is 11.2. The first-order chi connectivity index (χ1) is 12.5. The number of nitrogens with zero attached hydrogens (tertiary/aromatic N) is 2. The Labute approximate surface area is 159 Å². The van der Waals surface area contributed by atoms with E-state index < -0.39 is 9.84 Å². The van der Waals surface area contributed by atoms with Crippen molar-refractivity contribution >= 4 is 21.6 Å². The van der Waals surface area contributed by atoms with E-state index >= 15 is 0 Å². The first kappa shape index (κ1) is 18.7. The zero-order chi connectivity index (χ0) is 18.6. The van der Waals surface area contributed by atoms with E-state index in [2.05, 4.69) is 43.1 Å². The molecule has 6 heteroatoms. The molecule has 3 aromatic rings. The van der Waals surface area contributed by atoms with Crippen LogP contribution in [0, 0.1) is 0 Å². The molecule has 0 spiro atoms. The molecule has 0 bridgehead atoms. The van der Waals surface area contributed by atoms with Crippen LogP contribution in [-0.2, 0) is 9.84 Å². The number of hydrogen-bond acceptors (Lipinski definition) is 4. The molecule has 0 atom stereocenters. The van der Waals surface area contributed by atoms with Crippen molar-refractivity contribution in [1.82, 2.24) is 9.55 Å². The van der Waals surface area contributed by atoms with E-state index in [9.17, 15) is 8.42 Å². The van der Waals surface area contributed by atoms with Gasteiger partial charge in [0.1, 0.15) is 0 Å². The smallest absolute Gasteiger partial charge is 0.179 e. The fraction of sp³-hybridized carbons (Fsp3) is 0.250. The molecule has 1 heterocycles. The molecule has 1 aromatic heterocycles. The Balaban J connectivity index is 1.68. The minimum absolute atomic E-state index is 0.0842. The van der Waals surface area contributed by atoms with Crippen molar-refractivity contribution in [2.24, 2.45) is 0 Å². The Morgan fingerprint density at radius 2 is 1.73 bits per heavy atom. The highest BCUT2D eigenvalue weighted by Crippen LogP contribution is 2.23. The molecule has 136 valence electrons. The standard InChI is InChI=1S/C20H22N2O2S2/c1-16(2)17-8-10-18(11-9-17)22-13-12-21-20(22)25-14-15-26(23,24)19-6-4-3-5-7-19/h3-13,16H,14-15H2,1-2H3. The number of rotatable bonds is 7. The Kier molecular flexibility index (Phi) is 5.84. The third-order valence-electron chi connectivity index (χ3n) is 4.13.